The third-order valence-electron chi connectivity index (χ3n) is 5.84. The first-order valence-corrected chi connectivity index (χ1v) is 9.44. The van der Waals surface area contributed by atoms with Crippen molar-refractivity contribution in [2.45, 2.75) is 18.9 Å². The van der Waals surface area contributed by atoms with E-state index in [4.69, 9.17) is 0 Å². The quantitative estimate of drug-likeness (QED) is 0.486. The molecule has 0 saturated heterocycles. The largest absolute Gasteiger partial charge is 0.388 e. The van der Waals surface area contributed by atoms with Crippen molar-refractivity contribution in [3.63, 3.8) is 0 Å². The highest BCUT2D eigenvalue weighted by Gasteiger charge is 2.34. The van der Waals surface area contributed by atoms with Gasteiger partial charge in [0.05, 0.1) is 12.0 Å². The van der Waals surface area contributed by atoms with Gasteiger partial charge in [-0.15, -0.1) is 0 Å². The van der Waals surface area contributed by atoms with Crippen molar-refractivity contribution in [1.82, 2.24) is 0 Å². The summed E-state index contributed by atoms with van der Waals surface area (Å²) in [5.74, 6) is -0.342. The number of benzene rings is 4. The summed E-state index contributed by atoms with van der Waals surface area (Å²) >= 11 is 0. The van der Waals surface area contributed by atoms with Crippen molar-refractivity contribution >= 4 is 27.3 Å². The van der Waals surface area contributed by atoms with Crippen LogP contribution < -0.4 is 0 Å². The highest BCUT2D eigenvalue weighted by atomic mass is 16.3. The molecule has 2 heteroatoms. The van der Waals surface area contributed by atoms with Gasteiger partial charge in [0.2, 0.25) is 0 Å². The lowest BCUT2D eigenvalue weighted by Gasteiger charge is -2.28. The van der Waals surface area contributed by atoms with Crippen LogP contribution in [0.3, 0.4) is 0 Å². The van der Waals surface area contributed by atoms with E-state index >= 15 is 0 Å². The molecule has 0 aromatic heterocycles. The van der Waals surface area contributed by atoms with Crippen LogP contribution in [0.5, 0.6) is 0 Å². The van der Waals surface area contributed by atoms with E-state index < -0.39 is 12.0 Å². The standard InChI is InChI=1S/C25H20O2/c26-24-19-10-4-1-7-16(19)13-14-22(24)25(27)23-15-17-8-2-3-9-18(17)20-11-5-6-12-21(20)23/h1-12,15,22,25,27H,13-14H2/t22?,25-/m1/s1. The van der Waals surface area contributed by atoms with Crippen LogP contribution in [0.4, 0.5) is 0 Å². The number of hydrogen-bond acceptors (Lipinski definition) is 2. The first-order chi connectivity index (χ1) is 13.2. The monoisotopic (exact) mass is 352 g/mol. The maximum atomic E-state index is 13.1. The maximum absolute atomic E-state index is 13.1. The number of ketones is 1. The summed E-state index contributed by atoms with van der Waals surface area (Å²) in [6.45, 7) is 0. The Labute approximate surface area is 158 Å². The van der Waals surface area contributed by atoms with Gasteiger partial charge in [0.25, 0.3) is 0 Å². The third-order valence-corrected chi connectivity index (χ3v) is 5.84. The topological polar surface area (TPSA) is 37.3 Å². The molecule has 0 bridgehead atoms. The highest BCUT2D eigenvalue weighted by Crippen LogP contribution is 2.39. The highest BCUT2D eigenvalue weighted by molar-refractivity contribution is 6.09. The van der Waals surface area contributed by atoms with Crippen molar-refractivity contribution in [2.75, 3.05) is 0 Å². The van der Waals surface area contributed by atoms with E-state index in [1.54, 1.807) is 0 Å². The van der Waals surface area contributed by atoms with Crippen molar-refractivity contribution in [3.8, 4) is 0 Å². The molecule has 2 nitrogen and oxygen atoms in total. The zero-order valence-electron chi connectivity index (χ0n) is 14.9. The molecular weight excluding hydrogens is 332 g/mol. The molecule has 0 radical (unpaired) electrons. The molecule has 0 spiro atoms. The second-order valence-electron chi connectivity index (χ2n) is 7.34. The van der Waals surface area contributed by atoms with E-state index in [1.165, 1.54) is 5.39 Å². The van der Waals surface area contributed by atoms with Gasteiger partial charge in [0.15, 0.2) is 5.78 Å². The molecule has 5 rings (SSSR count). The molecule has 0 aliphatic heterocycles. The number of carbonyl (C=O) groups excluding carboxylic acids is 1. The maximum Gasteiger partial charge on any atom is 0.169 e. The SMILES string of the molecule is O=C1c2ccccc2CCC1[C@@H](O)c1cc2ccccc2c2ccccc12. The Hall–Kier alpha value is -2.97. The molecule has 2 atom stereocenters. The molecule has 132 valence electrons. The van der Waals surface area contributed by atoms with Gasteiger partial charge < -0.3 is 5.11 Å². The van der Waals surface area contributed by atoms with E-state index in [1.807, 2.05) is 54.6 Å². The molecular formula is C25H20O2. The number of rotatable bonds is 2. The van der Waals surface area contributed by atoms with Crippen LogP contribution in [0.2, 0.25) is 0 Å². The van der Waals surface area contributed by atoms with E-state index in [2.05, 4.69) is 24.3 Å². The van der Waals surface area contributed by atoms with Crippen molar-refractivity contribution < 1.29 is 9.90 Å². The fourth-order valence-electron chi connectivity index (χ4n) is 4.47. The van der Waals surface area contributed by atoms with Crippen LogP contribution in [0.15, 0.2) is 78.9 Å². The van der Waals surface area contributed by atoms with Gasteiger partial charge in [0, 0.05) is 5.56 Å². The number of fused-ring (bicyclic) bond motifs is 4. The molecule has 27 heavy (non-hydrogen) atoms. The Morgan fingerprint density at radius 2 is 1.48 bits per heavy atom. The zero-order chi connectivity index (χ0) is 18.4. The van der Waals surface area contributed by atoms with E-state index in [0.29, 0.717) is 6.42 Å². The average Bonchev–Trinajstić information content (AvgIpc) is 2.73. The summed E-state index contributed by atoms with van der Waals surface area (Å²) in [4.78, 5) is 13.1. The molecule has 0 fully saturated rings. The Morgan fingerprint density at radius 1 is 0.815 bits per heavy atom. The molecule has 0 saturated carbocycles. The van der Waals surface area contributed by atoms with Crippen LogP contribution in [0.25, 0.3) is 21.5 Å². The predicted molar refractivity (Wildman–Crippen MR) is 109 cm³/mol. The van der Waals surface area contributed by atoms with Crippen LogP contribution >= 0.6 is 0 Å². The fourth-order valence-corrected chi connectivity index (χ4v) is 4.47. The summed E-state index contributed by atoms with van der Waals surface area (Å²) in [5, 5.41) is 15.7. The molecule has 1 N–H and O–H groups in total. The zero-order valence-corrected chi connectivity index (χ0v) is 14.9. The van der Waals surface area contributed by atoms with Crippen molar-refractivity contribution in [3.05, 3.63) is 95.6 Å². The molecule has 1 aliphatic carbocycles. The lowest BCUT2D eigenvalue weighted by molar-refractivity contribution is 0.0642. The summed E-state index contributed by atoms with van der Waals surface area (Å²) < 4.78 is 0. The first-order valence-electron chi connectivity index (χ1n) is 9.44. The molecule has 4 aromatic rings. The number of aliphatic hydroxyl groups excluding tert-OH is 1. The summed E-state index contributed by atoms with van der Waals surface area (Å²) in [7, 11) is 0. The fraction of sp³-hybridized carbons (Fsp3) is 0.160. The van der Waals surface area contributed by atoms with Gasteiger partial charge in [-0.05, 0) is 51.6 Å². The number of carbonyl (C=O) groups is 1. The second kappa shape index (κ2) is 6.33. The third kappa shape index (κ3) is 2.56. The van der Waals surface area contributed by atoms with Gasteiger partial charge in [-0.1, -0.05) is 72.8 Å². The second-order valence-corrected chi connectivity index (χ2v) is 7.34. The lowest BCUT2D eigenvalue weighted by atomic mass is 9.77. The van der Waals surface area contributed by atoms with Gasteiger partial charge in [-0.25, -0.2) is 0 Å². The summed E-state index contributed by atoms with van der Waals surface area (Å²) in [6.07, 6.45) is 0.702. The summed E-state index contributed by atoms with van der Waals surface area (Å²) in [5.41, 5.74) is 2.70. The van der Waals surface area contributed by atoms with Gasteiger partial charge >= 0.3 is 0 Å². The van der Waals surface area contributed by atoms with Gasteiger partial charge in [0.1, 0.15) is 0 Å². The number of hydrogen-bond donors (Lipinski definition) is 1. The van der Waals surface area contributed by atoms with E-state index in [0.717, 1.165) is 39.3 Å². The Bertz CT molecular complexity index is 1180. The van der Waals surface area contributed by atoms with Crippen molar-refractivity contribution in [2.24, 2.45) is 5.92 Å². The summed E-state index contributed by atoms with van der Waals surface area (Å²) in [6, 6.07) is 26.2. The van der Waals surface area contributed by atoms with Gasteiger partial charge in [-0.3, -0.25) is 4.79 Å². The Morgan fingerprint density at radius 3 is 2.33 bits per heavy atom. The van der Waals surface area contributed by atoms with Crippen LogP contribution in [-0.2, 0) is 6.42 Å². The molecule has 1 aliphatic rings. The number of aryl methyl sites for hydroxylation is 1. The Balaban J connectivity index is 1.66. The lowest BCUT2D eigenvalue weighted by Crippen LogP contribution is -2.28. The number of Topliss-reactive ketones (excluding diaryl/α,β-unsaturated/α-hetero) is 1. The molecule has 0 amide bonds. The molecule has 1 unspecified atom stereocenters. The Kier molecular flexibility index (Phi) is 3.80. The van der Waals surface area contributed by atoms with E-state index in [9.17, 15) is 9.90 Å². The minimum Gasteiger partial charge on any atom is -0.388 e. The number of aliphatic hydroxyl groups is 1. The van der Waals surface area contributed by atoms with Gasteiger partial charge in [-0.2, -0.15) is 0 Å². The van der Waals surface area contributed by atoms with Crippen molar-refractivity contribution in [1.29, 1.82) is 0 Å². The molecule has 4 aromatic carbocycles. The smallest absolute Gasteiger partial charge is 0.169 e. The predicted octanol–water partition coefficient (Wildman–Crippen LogP) is 5.47. The van der Waals surface area contributed by atoms with E-state index in [-0.39, 0.29) is 5.78 Å². The van der Waals surface area contributed by atoms with Crippen LogP contribution in [0, 0.1) is 5.92 Å². The normalized spacial score (nSPS) is 17.8. The minimum atomic E-state index is -0.805. The van der Waals surface area contributed by atoms with Crippen LogP contribution in [0.1, 0.15) is 34.0 Å². The van der Waals surface area contributed by atoms with Crippen LogP contribution in [-0.4, -0.2) is 10.9 Å². The minimum absolute atomic E-state index is 0.0570. The average molecular weight is 352 g/mol. The first kappa shape index (κ1) is 16.2. The molecule has 0 heterocycles.